The number of esters is 1. The van der Waals surface area contributed by atoms with Gasteiger partial charge in [0.15, 0.2) is 6.10 Å². The number of benzene rings is 1. The number of carbonyl (C=O) groups excluding carboxylic acids is 1. The van der Waals surface area contributed by atoms with E-state index in [1.165, 1.54) is 28.2 Å². The van der Waals surface area contributed by atoms with Crippen LogP contribution in [0.1, 0.15) is 28.2 Å². The molecule has 2 atom stereocenters. The molecule has 1 N–H and O–H groups in total. The van der Waals surface area contributed by atoms with Gasteiger partial charge in [-0.2, -0.15) is 0 Å². The number of ether oxygens (including phenoxy) is 1. The smallest absolute Gasteiger partial charge is 0.349 e. The van der Waals surface area contributed by atoms with Crippen molar-refractivity contribution in [3.8, 4) is 0 Å². The van der Waals surface area contributed by atoms with Crippen LogP contribution in [-0.4, -0.2) is 48.3 Å². The van der Waals surface area contributed by atoms with E-state index >= 15 is 0 Å². The van der Waals surface area contributed by atoms with Gasteiger partial charge in [-0.15, -0.1) is 22.7 Å². The summed E-state index contributed by atoms with van der Waals surface area (Å²) < 4.78 is 6.80. The lowest BCUT2D eigenvalue weighted by atomic mass is 10.00. The van der Waals surface area contributed by atoms with E-state index in [9.17, 15) is 9.90 Å². The van der Waals surface area contributed by atoms with Gasteiger partial charge in [0, 0.05) is 12.8 Å². The second kappa shape index (κ2) is 9.02. The average molecular weight is 443 g/mol. The van der Waals surface area contributed by atoms with Crippen LogP contribution in [0.15, 0.2) is 65.4 Å². The van der Waals surface area contributed by atoms with Gasteiger partial charge < -0.3 is 14.3 Å². The summed E-state index contributed by atoms with van der Waals surface area (Å²) in [4.78, 5) is 14.4. The van der Waals surface area contributed by atoms with Crippen LogP contribution in [0.4, 0.5) is 0 Å². The molecule has 0 spiro atoms. The highest BCUT2D eigenvalue weighted by Gasteiger charge is 2.46. The van der Waals surface area contributed by atoms with E-state index in [-0.39, 0.29) is 6.10 Å². The first-order chi connectivity index (χ1) is 14.5. The van der Waals surface area contributed by atoms with Gasteiger partial charge in [0.05, 0.1) is 29.9 Å². The molecule has 1 saturated heterocycles. The van der Waals surface area contributed by atoms with E-state index in [1.54, 1.807) is 12.1 Å². The molecule has 1 aliphatic rings. The minimum atomic E-state index is -1.72. The average Bonchev–Trinajstić information content (AvgIpc) is 3.51. The molecule has 1 aromatic carbocycles. The van der Waals surface area contributed by atoms with Gasteiger partial charge in [0.2, 0.25) is 5.60 Å². The zero-order valence-corrected chi connectivity index (χ0v) is 18.8. The maximum Gasteiger partial charge on any atom is 0.349 e. The van der Waals surface area contributed by atoms with Crippen molar-refractivity contribution in [2.24, 2.45) is 0 Å². The monoisotopic (exact) mass is 442 g/mol. The summed E-state index contributed by atoms with van der Waals surface area (Å²) in [5.74, 6) is -0.560. The molecule has 2 unspecified atom stereocenters. The Bertz CT molecular complexity index is 906. The summed E-state index contributed by atoms with van der Waals surface area (Å²) in [7, 11) is 2.24. The first-order valence-electron chi connectivity index (χ1n) is 10.4. The number of aliphatic hydroxyl groups is 1. The fourth-order valence-corrected chi connectivity index (χ4v) is 5.98. The number of nitrogens with zero attached hydrogens (tertiary/aromatic N) is 1. The standard InChI is InChI=1S/C24H28NO3S2/c1-25(14-5-10-19-8-3-2-4-9-19)15-13-20(18-25)28-23(26)24(27,21-11-6-16-29-21)22-12-7-17-30-22/h2-4,6-9,11-12,16-17,20,27H,5,10,13-15,18H2,1H3/q+1. The van der Waals surface area contributed by atoms with Crippen molar-refractivity contribution in [2.45, 2.75) is 31.0 Å². The molecule has 0 radical (unpaired) electrons. The first-order valence-corrected chi connectivity index (χ1v) is 12.1. The van der Waals surface area contributed by atoms with Crippen LogP contribution in [0.2, 0.25) is 0 Å². The van der Waals surface area contributed by atoms with Gasteiger partial charge in [0.1, 0.15) is 6.54 Å². The Morgan fingerprint density at radius 3 is 2.37 bits per heavy atom. The normalized spacial score (nSPS) is 21.6. The zero-order valence-electron chi connectivity index (χ0n) is 17.2. The quantitative estimate of drug-likeness (QED) is 0.414. The van der Waals surface area contributed by atoms with Gasteiger partial charge in [-0.25, -0.2) is 4.79 Å². The molecule has 0 amide bonds. The van der Waals surface area contributed by atoms with Crippen molar-refractivity contribution < 1.29 is 19.1 Å². The van der Waals surface area contributed by atoms with Crippen LogP contribution in [0.3, 0.4) is 0 Å². The molecule has 0 bridgehead atoms. The number of hydrogen-bond donors (Lipinski definition) is 1. The number of carbonyl (C=O) groups is 1. The SMILES string of the molecule is C[N+]1(CCCc2ccccc2)CCC(OC(=O)C(O)(c2cccs2)c2cccs2)C1. The number of quaternary nitrogens is 1. The minimum absolute atomic E-state index is 0.161. The summed E-state index contributed by atoms with van der Waals surface area (Å²) in [6.45, 7) is 2.84. The topological polar surface area (TPSA) is 46.5 Å². The highest BCUT2D eigenvalue weighted by molar-refractivity contribution is 7.12. The molecule has 1 aliphatic heterocycles. The van der Waals surface area contributed by atoms with Gasteiger partial charge >= 0.3 is 5.97 Å². The largest absolute Gasteiger partial charge is 0.453 e. The van der Waals surface area contributed by atoms with Crippen LogP contribution < -0.4 is 0 Å². The van der Waals surface area contributed by atoms with Crippen LogP contribution in [-0.2, 0) is 21.6 Å². The van der Waals surface area contributed by atoms with Crippen molar-refractivity contribution in [3.63, 3.8) is 0 Å². The highest BCUT2D eigenvalue weighted by atomic mass is 32.1. The molecule has 0 aliphatic carbocycles. The van der Waals surface area contributed by atoms with Gasteiger partial charge in [-0.1, -0.05) is 42.5 Å². The molecule has 30 heavy (non-hydrogen) atoms. The Morgan fingerprint density at radius 1 is 1.10 bits per heavy atom. The van der Waals surface area contributed by atoms with E-state index < -0.39 is 11.6 Å². The molecule has 4 nitrogen and oxygen atoms in total. The van der Waals surface area contributed by atoms with Gasteiger partial charge in [-0.3, -0.25) is 0 Å². The van der Waals surface area contributed by atoms with E-state index in [2.05, 4.69) is 31.3 Å². The third kappa shape index (κ3) is 4.52. The molecule has 0 saturated carbocycles. The van der Waals surface area contributed by atoms with Crippen molar-refractivity contribution >= 4 is 28.6 Å². The minimum Gasteiger partial charge on any atom is -0.453 e. The van der Waals surface area contributed by atoms with E-state index in [0.29, 0.717) is 9.75 Å². The van der Waals surface area contributed by atoms with Crippen molar-refractivity contribution in [3.05, 3.63) is 80.7 Å². The second-order valence-corrected chi connectivity index (χ2v) is 10.2. The molecule has 158 valence electrons. The number of aryl methyl sites for hydroxylation is 1. The third-order valence-electron chi connectivity index (χ3n) is 5.97. The summed E-state index contributed by atoms with van der Waals surface area (Å²) in [6, 6.07) is 17.8. The Kier molecular flexibility index (Phi) is 6.39. The van der Waals surface area contributed by atoms with Crippen molar-refractivity contribution in [1.29, 1.82) is 0 Å². The summed E-state index contributed by atoms with van der Waals surface area (Å²) in [6.07, 6.45) is 2.84. The molecular weight excluding hydrogens is 414 g/mol. The lowest BCUT2D eigenvalue weighted by Gasteiger charge is -2.30. The summed E-state index contributed by atoms with van der Waals surface area (Å²) in [5, 5.41) is 15.1. The van der Waals surface area contributed by atoms with Crippen molar-refractivity contribution in [2.75, 3.05) is 26.7 Å². The molecule has 3 heterocycles. The summed E-state index contributed by atoms with van der Waals surface area (Å²) in [5.41, 5.74) is -0.356. The predicted molar refractivity (Wildman–Crippen MR) is 122 cm³/mol. The lowest BCUT2D eigenvalue weighted by molar-refractivity contribution is -0.899. The fourth-order valence-electron chi connectivity index (χ4n) is 4.27. The second-order valence-electron chi connectivity index (χ2n) is 8.32. The summed E-state index contributed by atoms with van der Waals surface area (Å²) >= 11 is 2.75. The molecule has 3 aromatic rings. The maximum atomic E-state index is 13.2. The van der Waals surface area contributed by atoms with Gasteiger partial charge in [0.25, 0.3) is 0 Å². The van der Waals surface area contributed by atoms with Crippen LogP contribution >= 0.6 is 22.7 Å². The van der Waals surface area contributed by atoms with E-state index in [4.69, 9.17) is 4.74 Å². The molecule has 6 heteroatoms. The number of thiophene rings is 2. The zero-order chi connectivity index (χ0) is 21.0. The van der Waals surface area contributed by atoms with Crippen molar-refractivity contribution in [1.82, 2.24) is 0 Å². The number of likely N-dealkylation sites (tertiary alicyclic amines) is 1. The molecule has 4 rings (SSSR count). The van der Waals surface area contributed by atoms with E-state index in [1.807, 2.05) is 29.0 Å². The van der Waals surface area contributed by atoms with E-state index in [0.717, 1.165) is 43.4 Å². The van der Waals surface area contributed by atoms with Crippen LogP contribution in [0.5, 0.6) is 0 Å². The molecule has 2 aromatic heterocycles. The Balaban J connectivity index is 1.37. The number of hydrogen-bond acceptors (Lipinski definition) is 5. The molecule has 1 fully saturated rings. The number of likely N-dealkylation sites (N-methyl/N-ethyl adjacent to an activating group) is 1. The van der Waals surface area contributed by atoms with Gasteiger partial charge in [-0.05, 0) is 34.9 Å². The maximum absolute atomic E-state index is 13.2. The highest BCUT2D eigenvalue weighted by Crippen LogP contribution is 2.37. The predicted octanol–water partition coefficient (Wildman–Crippen LogP) is 4.44. The van der Waals surface area contributed by atoms with Crippen LogP contribution in [0.25, 0.3) is 0 Å². The lowest BCUT2D eigenvalue weighted by Crippen LogP contribution is -2.45. The molecular formula is C24H28NO3S2+. The Morgan fingerprint density at radius 2 is 1.77 bits per heavy atom. The Labute approximate surface area is 186 Å². The third-order valence-corrected chi connectivity index (χ3v) is 7.92. The fraction of sp³-hybridized carbons (Fsp3) is 0.375. The Hall–Kier alpha value is -1.99. The first kappa shape index (κ1) is 21.2. The van der Waals surface area contributed by atoms with Crippen LogP contribution in [0, 0.1) is 0 Å². The number of rotatable bonds is 8.